The molecule has 14 nitrogen and oxygen atoms in total. The maximum absolute atomic E-state index is 12.2. The smallest absolute Gasteiger partial charge is 0.308 e. The minimum Gasteiger partial charge on any atom is -0.308 e. The van der Waals surface area contributed by atoms with Crippen LogP contribution in [0.2, 0.25) is 0 Å². The van der Waals surface area contributed by atoms with Gasteiger partial charge in [-0.05, 0) is 52.0 Å². The third-order valence-electron chi connectivity index (χ3n) is 4.47. The Morgan fingerprint density at radius 1 is 0.700 bits per heavy atom. The van der Waals surface area contributed by atoms with Crippen LogP contribution in [0.4, 0.5) is 11.4 Å². The van der Waals surface area contributed by atoms with Crippen LogP contribution in [0.15, 0.2) is 58.3 Å². The number of benzene rings is 2. The van der Waals surface area contributed by atoms with Gasteiger partial charge in [0.25, 0.3) is 11.4 Å². The van der Waals surface area contributed by atoms with Gasteiger partial charge in [0.1, 0.15) is 5.49 Å². The summed E-state index contributed by atoms with van der Waals surface area (Å²) in [6.45, 7) is 7.38. The number of non-ortho nitro benzene ring substituents is 2. The van der Waals surface area contributed by atoms with Crippen LogP contribution in [0.1, 0.15) is 27.7 Å². The molecule has 0 saturated heterocycles. The van der Waals surface area contributed by atoms with Gasteiger partial charge in [0, 0.05) is 29.2 Å². The molecular formula is C22H32N2O12P2S2. The van der Waals surface area contributed by atoms with Gasteiger partial charge >= 0.3 is 15.2 Å². The highest BCUT2D eigenvalue weighted by Crippen LogP contribution is 2.52. The molecule has 0 aliphatic heterocycles. The number of thioether (sulfide) groups is 1. The lowest BCUT2D eigenvalue weighted by atomic mass is 10.3. The molecule has 0 aromatic heterocycles. The summed E-state index contributed by atoms with van der Waals surface area (Å²) in [4.78, 5) is 20.6. The molecule has 2 aromatic rings. The molecule has 0 aliphatic carbocycles. The second-order valence-corrected chi connectivity index (χ2v) is 15.4. The van der Waals surface area contributed by atoms with Gasteiger partial charge in [0.2, 0.25) is 0 Å². The zero-order valence-electron chi connectivity index (χ0n) is 22.4. The first-order valence-corrected chi connectivity index (χ1v) is 17.9. The molecule has 2 aromatic carbocycles. The molecule has 2 rings (SSSR count). The molecule has 40 heavy (non-hydrogen) atoms. The molecular weight excluding hydrogens is 610 g/mol. The molecule has 0 spiro atoms. The van der Waals surface area contributed by atoms with Crippen molar-refractivity contribution >= 4 is 48.2 Å². The highest BCUT2D eigenvalue weighted by molar-refractivity contribution is 8.04. The Bertz CT molecular complexity index is 1290. The topological polar surface area (TPSA) is 191 Å². The normalized spacial score (nSPS) is 11.9. The van der Waals surface area contributed by atoms with Gasteiger partial charge < -0.3 is 18.1 Å². The van der Waals surface area contributed by atoms with Crippen molar-refractivity contribution in [1.82, 2.24) is 0 Å². The van der Waals surface area contributed by atoms with Crippen LogP contribution in [0.5, 0.6) is 0 Å². The third kappa shape index (κ3) is 12.1. The van der Waals surface area contributed by atoms with E-state index in [1.807, 2.05) is 0 Å². The molecule has 0 amide bonds. The quantitative estimate of drug-likeness (QED) is 0.0834. The average molecular weight is 643 g/mol. The molecule has 18 heteroatoms. The second kappa shape index (κ2) is 16.9. The van der Waals surface area contributed by atoms with Crippen LogP contribution in [0, 0.1) is 20.2 Å². The van der Waals surface area contributed by atoms with Gasteiger partial charge in [-0.3, -0.25) is 29.4 Å². The fourth-order valence-electron chi connectivity index (χ4n) is 2.89. The molecule has 0 unspecified atom stereocenters. The standard InChI is InChI=1S/C11H16NO7PS.C11H16NO5PS/c1-3-18-20(15,19-4-2)9-21(16,17)11-7-5-10(6-8-11)12(13)14;1-3-16-18(15,17-4-2)9-19-11-7-5-10(6-8-11)12(13)14/h5-8H,3-4,9H2,1-2H3;5-8H,3-4,9H2,1-2H3. The van der Waals surface area contributed by atoms with Crippen molar-refractivity contribution in [2.24, 2.45) is 0 Å². The van der Waals surface area contributed by atoms with E-state index in [1.54, 1.807) is 39.8 Å². The zero-order valence-corrected chi connectivity index (χ0v) is 25.8. The van der Waals surface area contributed by atoms with Crippen LogP contribution < -0.4 is 0 Å². The number of rotatable bonds is 16. The van der Waals surface area contributed by atoms with Crippen molar-refractivity contribution < 1.29 is 45.5 Å². The Hall–Kier alpha value is -2.16. The van der Waals surface area contributed by atoms with Crippen LogP contribution in [0.25, 0.3) is 0 Å². The Kier molecular flexibility index (Phi) is 15.2. The minimum absolute atomic E-state index is 0.0298. The van der Waals surface area contributed by atoms with Gasteiger partial charge in [-0.15, -0.1) is 11.8 Å². The Morgan fingerprint density at radius 2 is 1.07 bits per heavy atom. The SMILES string of the molecule is CCOP(=O)(CS(=O)(=O)c1ccc([N+](=O)[O-])cc1)OCC.CCOP(=O)(CSc1ccc([N+](=O)[O-])cc1)OCC. The summed E-state index contributed by atoms with van der Waals surface area (Å²) in [6, 6.07) is 10.4. The molecule has 0 atom stereocenters. The van der Waals surface area contributed by atoms with E-state index in [4.69, 9.17) is 18.1 Å². The molecule has 0 bridgehead atoms. The van der Waals surface area contributed by atoms with Crippen molar-refractivity contribution in [2.45, 2.75) is 37.5 Å². The molecule has 0 saturated carbocycles. The van der Waals surface area contributed by atoms with Gasteiger partial charge in [-0.25, -0.2) is 8.42 Å². The number of sulfone groups is 1. The first-order chi connectivity index (χ1) is 18.7. The summed E-state index contributed by atoms with van der Waals surface area (Å²) in [7, 11) is -10.8. The Morgan fingerprint density at radius 3 is 1.45 bits per heavy atom. The zero-order chi connectivity index (χ0) is 30.4. The fraction of sp³-hybridized carbons (Fsp3) is 0.455. The van der Waals surface area contributed by atoms with Crippen LogP contribution in [-0.4, -0.2) is 55.7 Å². The second-order valence-electron chi connectivity index (χ2n) is 7.41. The van der Waals surface area contributed by atoms with Gasteiger partial charge in [-0.1, -0.05) is 0 Å². The van der Waals surface area contributed by atoms with Crippen molar-refractivity contribution in [3.05, 3.63) is 68.8 Å². The summed E-state index contributed by atoms with van der Waals surface area (Å²) >= 11 is 1.29. The fourth-order valence-corrected chi connectivity index (χ4v) is 10.2. The summed E-state index contributed by atoms with van der Waals surface area (Å²) in [6.07, 6.45) is 0. The summed E-state index contributed by atoms with van der Waals surface area (Å²) in [5.41, 5.74) is -0.819. The molecule has 0 N–H and O–H groups in total. The largest absolute Gasteiger partial charge is 0.346 e. The maximum Gasteiger partial charge on any atom is 0.346 e. The third-order valence-corrected chi connectivity index (χ3v) is 13.1. The van der Waals surface area contributed by atoms with Crippen LogP contribution in [0.3, 0.4) is 0 Å². The highest BCUT2D eigenvalue weighted by atomic mass is 32.2. The molecule has 0 fully saturated rings. The summed E-state index contributed by atoms with van der Waals surface area (Å²) < 4.78 is 69.0. The lowest BCUT2D eigenvalue weighted by Crippen LogP contribution is -2.11. The Labute approximate surface area is 237 Å². The highest BCUT2D eigenvalue weighted by Gasteiger charge is 2.33. The molecule has 0 aliphatic rings. The molecule has 0 radical (unpaired) electrons. The molecule has 224 valence electrons. The van der Waals surface area contributed by atoms with E-state index in [1.165, 1.54) is 23.9 Å². The van der Waals surface area contributed by atoms with Crippen LogP contribution in [-0.2, 0) is 37.1 Å². The van der Waals surface area contributed by atoms with Gasteiger partial charge in [0.05, 0.1) is 41.2 Å². The maximum atomic E-state index is 12.2. The van der Waals surface area contributed by atoms with Crippen molar-refractivity contribution in [3.63, 3.8) is 0 Å². The van der Waals surface area contributed by atoms with Gasteiger partial charge in [-0.2, -0.15) is 0 Å². The number of hydrogen-bond donors (Lipinski definition) is 0. The number of nitrogens with zero attached hydrogens (tertiary/aromatic N) is 2. The predicted molar refractivity (Wildman–Crippen MR) is 151 cm³/mol. The lowest BCUT2D eigenvalue weighted by molar-refractivity contribution is -0.385. The lowest BCUT2D eigenvalue weighted by Gasteiger charge is -2.16. The van der Waals surface area contributed by atoms with Crippen molar-refractivity contribution in [2.75, 3.05) is 37.4 Å². The summed E-state index contributed by atoms with van der Waals surface area (Å²) in [5, 5.41) is 21.0. The number of hydrogen-bond acceptors (Lipinski definition) is 13. The van der Waals surface area contributed by atoms with E-state index in [2.05, 4.69) is 0 Å². The minimum atomic E-state index is -3.94. The number of nitro groups is 2. The van der Waals surface area contributed by atoms with E-state index < -0.39 is 40.4 Å². The van der Waals surface area contributed by atoms with E-state index in [-0.39, 0.29) is 35.0 Å². The van der Waals surface area contributed by atoms with Crippen molar-refractivity contribution in [3.8, 4) is 0 Å². The van der Waals surface area contributed by atoms with Gasteiger partial charge in [0.15, 0.2) is 15.3 Å². The van der Waals surface area contributed by atoms with E-state index >= 15 is 0 Å². The number of nitro benzene ring substituents is 2. The van der Waals surface area contributed by atoms with Crippen molar-refractivity contribution in [1.29, 1.82) is 0 Å². The summed E-state index contributed by atoms with van der Waals surface area (Å²) in [5.74, 6) is 0. The van der Waals surface area contributed by atoms with E-state index in [0.29, 0.717) is 13.2 Å². The average Bonchev–Trinajstić information content (AvgIpc) is 2.88. The first kappa shape index (κ1) is 35.9. The molecule has 0 heterocycles. The first-order valence-electron chi connectivity index (χ1n) is 11.9. The monoisotopic (exact) mass is 642 g/mol. The van der Waals surface area contributed by atoms with E-state index in [0.717, 1.165) is 29.2 Å². The Balaban J connectivity index is 0.000000402. The van der Waals surface area contributed by atoms with Crippen LogP contribution >= 0.6 is 27.0 Å². The van der Waals surface area contributed by atoms with E-state index in [9.17, 15) is 37.8 Å². The predicted octanol–water partition coefficient (Wildman–Crippen LogP) is 6.50.